The molecule has 0 bridgehead atoms. The van der Waals surface area contributed by atoms with E-state index in [1.165, 1.54) is 4.88 Å². The second kappa shape index (κ2) is 7.82. The van der Waals surface area contributed by atoms with Crippen molar-refractivity contribution in [3.05, 3.63) is 11.1 Å². The van der Waals surface area contributed by atoms with Gasteiger partial charge in [0, 0.05) is 23.0 Å². The lowest BCUT2D eigenvalue weighted by atomic mass is 9.93. The maximum Gasteiger partial charge on any atom is 0.229 e. The quantitative estimate of drug-likeness (QED) is 0.899. The van der Waals surface area contributed by atoms with Gasteiger partial charge < -0.3 is 10.6 Å². The maximum absolute atomic E-state index is 12.1. The molecule has 0 aliphatic carbocycles. The lowest BCUT2D eigenvalue weighted by molar-refractivity contribution is -0.120. The fraction of sp³-hybridized carbons (Fsp3) is 0.692. The van der Waals surface area contributed by atoms with Crippen molar-refractivity contribution in [2.45, 2.75) is 45.6 Å². The standard InChI is InChI=1S/C13H21N3OS.ClH/c1-3-4-11-8-15-13(18-11)16-12(17)10-5-6-14-9(2)7-10;/h8-10,14H,3-7H2,1-2H3,(H,15,16,17);1H/t9-,10-;/m0./s1. The molecular weight excluding hydrogens is 282 g/mol. The molecule has 0 radical (unpaired) electrons. The molecule has 1 saturated heterocycles. The third-order valence-corrected chi connectivity index (χ3v) is 4.25. The number of carbonyl (C=O) groups is 1. The first kappa shape index (κ1) is 16.4. The van der Waals surface area contributed by atoms with Gasteiger partial charge in [-0.05, 0) is 32.7 Å². The first-order chi connectivity index (χ1) is 8.69. The van der Waals surface area contributed by atoms with E-state index in [0.29, 0.717) is 6.04 Å². The number of thiazole rings is 1. The Kier molecular flexibility index (Phi) is 6.75. The summed E-state index contributed by atoms with van der Waals surface area (Å²) in [5.41, 5.74) is 0. The molecule has 0 saturated carbocycles. The molecule has 19 heavy (non-hydrogen) atoms. The second-order valence-electron chi connectivity index (χ2n) is 4.95. The number of aromatic nitrogens is 1. The smallest absolute Gasteiger partial charge is 0.229 e. The van der Waals surface area contributed by atoms with E-state index in [0.717, 1.165) is 37.4 Å². The van der Waals surface area contributed by atoms with Gasteiger partial charge in [-0.3, -0.25) is 4.79 Å². The molecule has 1 aliphatic heterocycles. The zero-order valence-corrected chi connectivity index (χ0v) is 13.1. The molecule has 1 amide bonds. The normalized spacial score (nSPS) is 22.6. The molecule has 1 aromatic heterocycles. The molecule has 0 spiro atoms. The van der Waals surface area contributed by atoms with Crippen molar-refractivity contribution in [3.63, 3.8) is 0 Å². The largest absolute Gasteiger partial charge is 0.314 e. The zero-order valence-electron chi connectivity index (χ0n) is 11.4. The minimum atomic E-state index is 0. The van der Waals surface area contributed by atoms with E-state index in [4.69, 9.17) is 0 Å². The predicted octanol–water partition coefficient (Wildman–Crippen LogP) is 2.84. The second-order valence-corrected chi connectivity index (χ2v) is 6.06. The molecule has 4 nitrogen and oxygen atoms in total. The zero-order chi connectivity index (χ0) is 13.0. The number of hydrogen-bond donors (Lipinski definition) is 2. The third kappa shape index (κ3) is 4.75. The Labute approximate surface area is 124 Å². The van der Waals surface area contributed by atoms with Crippen molar-refractivity contribution in [2.75, 3.05) is 11.9 Å². The Balaban J connectivity index is 0.00000180. The summed E-state index contributed by atoms with van der Waals surface area (Å²) in [7, 11) is 0. The van der Waals surface area contributed by atoms with Crippen molar-refractivity contribution >= 4 is 34.8 Å². The fourth-order valence-electron chi connectivity index (χ4n) is 2.30. The minimum absolute atomic E-state index is 0. The predicted molar refractivity (Wildman–Crippen MR) is 82.2 cm³/mol. The van der Waals surface area contributed by atoms with Gasteiger partial charge in [-0.25, -0.2) is 4.98 Å². The van der Waals surface area contributed by atoms with Crippen molar-refractivity contribution < 1.29 is 4.79 Å². The lowest BCUT2D eigenvalue weighted by Gasteiger charge is -2.26. The van der Waals surface area contributed by atoms with Crippen molar-refractivity contribution in [1.29, 1.82) is 0 Å². The van der Waals surface area contributed by atoms with E-state index in [1.807, 2.05) is 6.20 Å². The topological polar surface area (TPSA) is 54.0 Å². The van der Waals surface area contributed by atoms with Crippen LogP contribution in [0.15, 0.2) is 6.20 Å². The van der Waals surface area contributed by atoms with Gasteiger partial charge in [-0.2, -0.15) is 0 Å². The molecule has 1 aromatic rings. The van der Waals surface area contributed by atoms with Crippen LogP contribution >= 0.6 is 23.7 Å². The third-order valence-electron chi connectivity index (χ3n) is 3.27. The SMILES string of the molecule is CCCc1cnc(NC(=O)[C@H]2CCN[C@@H](C)C2)s1.Cl. The molecule has 2 heterocycles. The van der Waals surface area contributed by atoms with Crippen LogP contribution in [0, 0.1) is 5.92 Å². The summed E-state index contributed by atoms with van der Waals surface area (Å²) in [5, 5.41) is 7.06. The van der Waals surface area contributed by atoms with Gasteiger partial charge in [-0.1, -0.05) is 13.3 Å². The van der Waals surface area contributed by atoms with E-state index in [2.05, 4.69) is 29.5 Å². The Morgan fingerprint density at radius 2 is 2.42 bits per heavy atom. The summed E-state index contributed by atoms with van der Waals surface area (Å²) in [6, 6.07) is 0.432. The number of nitrogens with zero attached hydrogens (tertiary/aromatic N) is 1. The molecule has 6 heteroatoms. The molecule has 1 fully saturated rings. The van der Waals surface area contributed by atoms with Gasteiger partial charge in [-0.15, -0.1) is 23.7 Å². The molecule has 108 valence electrons. The molecule has 1 aliphatic rings. The van der Waals surface area contributed by atoms with Gasteiger partial charge in [0.2, 0.25) is 5.91 Å². The average molecular weight is 304 g/mol. The summed E-state index contributed by atoms with van der Waals surface area (Å²) in [6.45, 7) is 5.20. The van der Waals surface area contributed by atoms with E-state index in [1.54, 1.807) is 11.3 Å². The van der Waals surface area contributed by atoms with E-state index in [-0.39, 0.29) is 24.2 Å². The van der Waals surface area contributed by atoms with Crippen LogP contribution in [0.3, 0.4) is 0 Å². The van der Waals surface area contributed by atoms with E-state index >= 15 is 0 Å². The minimum Gasteiger partial charge on any atom is -0.314 e. The Morgan fingerprint density at radius 3 is 3.11 bits per heavy atom. The Morgan fingerprint density at radius 1 is 1.63 bits per heavy atom. The van der Waals surface area contributed by atoms with Crippen molar-refractivity contribution in [3.8, 4) is 0 Å². The Bertz CT molecular complexity index is 410. The number of rotatable bonds is 4. The number of nitrogens with one attached hydrogen (secondary N) is 2. The highest BCUT2D eigenvalue weighted by Gasteiger charge is 2.25. The number of hydrogen-bond acceptors (Lipinski definition) is 4. The number of aryl methyl sites for hydroxylation is 1. The first-order valence-corrected chi connectivity index (χ1v) is 7.49. The van der Waals surface area contributed by atoms with Crippen LogP contribution < -0.4 is 10.6 Å². The summed E-state index contributed by atoms with van der Waals surface area (Å²) in [5.74, 6) is 0.250. The molecule has 2 N–H and O–H groups in total. The van der Waals surface area contributed by atoms with Crippen molar-refractivity contribution in [2.24, 2.45) is 5.92 Å². The highest BCUT2D eigenvalue weighted by atomic mass is 35.5. The summed E-state index contributed by atoms with van der Waals surface area (Å²) >= 11 is 1.59. The Hall–Kier alpha value is -0.650. The summed E-state index contributed by atoms with van der Waals surface area (Å²) in [4.78, 5) is 17.6. The van der Waals surface area contributed by atoms with Crippen LogP contribution in [0.25, 0.3) is 0 Å². The van der Waals surface area contributed by atoms with Gasteiger partial charge in [0.15, 0.2) is 5.13 Å². The highest BCUT2D eigenvalue weighted by molar-refractivity contribution is 7.15. The van der Waals surface area contributed by atoms with Crippen LogP contribution in [0.5, 0.6) is 0 Å². The summed E-state index contributed by atoms with van der Waals surface area (Å²) in [6.07, 6.45) is 5.86. The maximum atomic E-state index is 12.1. The van der Waals surface area contributed by atoms with E-state index in [9.17, 15) is 4.79 Å². The van der Waals surface area contributed by atoms with Crippen molar-refractivity contribution in [1.82, 2.24) is 10.3 Å². The van der Waals surface area contributed by atoms with E-state index < -0.39 is 0 Å². The van der Waals surface area contributed by atoms with Gasteiger partial charge in [0.1, 0.15) is 0 Å². The number of anilines is 1. The van der Waals surface area contributed by atoms with Crippen LogP contribution in [0.4, 0.5) is 5.13 Å². The molecule has 2 rings (SSSR count). The van der Waals surface area contributed by atoms with Crippen LogP contribution in [-0.4, -0.2) is 23.5 Å². The number of piperidine rings is 1. The lowest BCUT2D eigenvalue weighted by Crippen LogP contribution is -2.40. The van der Waals surface area contributed by atoms with Crippen LogP contribution in [0.1, 0.15) is 38.0 Å². The molecular formula is C13H22ClN3OS. The first-order valence-electron chi connectivity index (χ1n) is 6.68. The average Bonchev–Trinajstić information content (AvgIpc) is 2.77. The van der Waals surface area contributed by atoms with Gasteiger partial charge in [0.05, 0.1) is 0 Å². The summed E-state index contributed by atoms with van der Waals surface area (Å²) < 4.78 is 0. The van der Waals surface area contributed by atoms with Gasteiger partial charge >= 0.3 is 0 Å². The number of halogens is 1. The number of amides is 1. The molecule has 0 aromatic carbocycles. The molecule has 0 unspecified atom stereocenters. The van der Waals surface area contributed by atoms with Gasteiger partial charge in [0.25, 0.3) is 0 Å². The monoisotopic (exact) mass is 303 g/mol. The fourth-order valence-corrected chi connectivity index (χ4v) is 3.22. The van der Waals surface area contributed by atoms with Crippen LogP contribution in [0.2, 0.25) is 0 Å². The highest BCUT2D eigenvalue weighted by Crippen LogP contribution is 2.22. The molecule has 2 atom stereocenters. The van der Waals surface area contributed by atoms with Crippen LogP contribution in [-0.2, 0) is 11.2 Å². The number of carbonyl (C=O) groups excluding carboxylic acids is 1.